The van der Waals surface area contributed by atoms with Crippen LogP contribution in [-0.2, 0) is 4.79 Å². The fraction of sp³-hybridized carbons (Fsp3) is 0.125. The van der Waals surface area contributed by atoms with E-state index in [9.17, 15) is 9.59 Å². The van der Waals surface area contributed by atoms with Gasteiger partial charge < -0.3 is 15.2 Å². The quantitative estimate of drug-likeness (QED) is 0.691. The molecule has 0 unspecified atom stereocenters. The number of nitrogens with two attached hydrogens (primary N) is 1. The van der Waals surface area contributed by atoms with E-state index >= 15 is 0 Å². The molecule has 2 rings (SSSR count). The van der Waals surface area contributed by atoms with Gasteiger partial charge in [-0.2, -0.15) is 0 Å². The highest BCUT2D eigenvalue weighted by Gasteiger charge is 2.17. The molecule has 0 fully saturated rings. The summed E-state index contributed by atoms with van der Waals surface area (Å²) in [6, 6.07) is 12.1. The number of benzene rings is 2. The van der Waals surface area contributed by atoms with Crippen molar-refractivity contribution in [3.8, 4) is 22.6 Å². The van der Waals surface area contributed by atoms with Crippen LogP contribution in [0.3, 0.4) is 0 Å². The molecule has 5 heteroatoms. The molecule has 108 valence electrons. The van der Waals surface area contributed by atoms with Crippen LogP contribution in [0, 0.1) is 0 Å². The second kappa shape index (κ2) is 6.09. The minimum absolute atomic E-state index is 0.156. The van der Waals surface area contributed by atoms with Gasteiger partial charge in [0.1, 0.15) is 11.5 Å². The molecule has 0 heterocycles. The molecule has 0 radical (unpaired) electrons. The molecule has 0 aliphatic rings. The molecule has 2 aromatic carbocycles. The third-order valence-electron chi connectivity index (χ3n) is 2.93. The van der Waals surface area contributed by atoms with E-state index in [0.29, 0.717) is 11.3 Å². The van der Waals surface area contributed by atoms with Gasteiger partial charge in [-0.3, -0.25) is 9.59 Å². The second-order valence-electron chi connectivity index (χ2n) is 4.37. The largest absolute Gasteiger partial charge is 0.497 e. The highest BCUT2D eigenvalue weighted by atomic mass is 16.5. The third-order valence-corrected chi connectivity index (χ3v) is 2.93. The first kappa shape index (κ1) is 14.6. The predicted octanol–water partition coefficient (Wildman–Crippen LogP) is 2.39. The van der Waals surface area contributed by atoms with Crippen LogP contribution in [0.2, 0.25) is 0 Å². The summed E-state index contributed by atoms with van der Waals surface area (Å²) in [6.07, 6.45) is 0. The van der Waals surface area contributed by atoms with Crippen molar-refractivity contribution >= 4 is 11.9 Å². The van der Waals surface area contributed by atoms with Gasteiger partial charge in [0.2, 0.25) is 0 Å². The van der Waals surface area contributed by atoms with Crippen molar-refractivity contribution < 1.29 is 19.1 Å². The van der Waals surface area contributed by atoms with Crippen LogP contribution in [0.5, 0.6) is 11.5 Å². The number of carbonyl (C=O) groups excluding carboxylic acids is 2. The summed E-state index contributed by atoms with van der Waals surface area (Å²) in [7, 11) is 1.57. The standard InChI is InChI=1S/C16H15NO4/c1-10(18)21-14-5-3-4-13(15(14)16(17)19)11-6-8-12(20-2)9-7-11/h3-9H,1-2H3,(H2,17,19). The molecule has 0 saturated heterocycles. The average molecular weight is 285 g/mol. The second-order valence-corrected chi connectivity index (χ2v) is 4.37. The number of hydrogen-bond acceptors (Lipinski definition) is 4. The first-order valence-corrected chi connectivity index (χ1v) is 6.28. The first-order valence-electron chi connectivity index (χ1n) is 6.28. The lowest BCUT2D eigenvalue weighted by Gasteiger charge is -2.12. The Morgan fingerprint density at radius 1 is 1.05 bits per heavy atom. The van der Waals surface area contributed by atoms with Crippen LogP contribution >= 0.6 is 0 Å². The molecule has 0 spiro atoms. The number of rotatable bonds is 4. The van der Waals surface area contributed by atoms with Crippen molar-refractivity contribution in [2.45, 2.75) is 6.92 Å². The van der Waals surface area contributed by atoms with Crippen LogP contribution in [-0.4, -0.2) is 19.0 Å². The number of carbonyl (C=O) groups is 2. The van der Waals surface area contributed by atoms with Gasteiger partial charge in [-0.1, -0.05) is 24.3 Å². The van der Waals surface area contributed by atoms with Crippen LogP contribution in [0.4, 0.5) is 0 Å². The molecule has 0 aliphatic heterocycles. The molecule has 1 amide bonds. The van der Waals surface area contributed by atoms with Crippen LogP contribution in [0.15, 0.2) is 42.5 Å². The molecular weight excluding hydrogens is 270 g/mol. The predicted molar refractivity (Wildman–Crippen MR) is 78.3 cm³/mol. The van der Waals surface area contributed by atoms with E-state index in [1.54, 1.807) is 43.5 Å². The van der Waals surface area contributed by atoms with Gasteiger partial charge in [0.05, 0.1) is 12.7 Å². The number of esters is 1. The molecule has 2 aromatic rings. The summed E-state index contributed by atoms with van der Waals surface area (Å²) in [6.45, 7) is 1.27. The average Bonchev–Trinajstić information content (AvgIpc) is 2.46. The lowest BCUT2D eigenvalue weighted by Crippen LogP contribution is -2.16. The zero-order chi connectivity index (χ0) is 15.4. The molecular formula is C16H15NO4. The summed E-state index contributed by atoms with van der Waals surface area (Å²) in [4.78, 5) is 22.9. The molecule has 0 bridgehead atoms. The van der Waals surface area contributed by atoms with E-state index in [4.69, 9.17) is 15.2 Å². The van der Waals surface area contributed by atoms with Gasteiger partial charge in [0, 0.05) is 6.92 Å². The van der Waals surface area contributed by atoms with E-state index in [-0.39, 0.29) is 11.3 Å². The van der Waals surface area contributed by atoms with Gasteiger partial charge in [-0.05, 0) is 29.3 Å². The van der Waals surface area contributed by atoms with Gasteiger partial charge >= 0.3 is 5.97 Å². The normalized spacial score (nSPS) is 10.0. The highest BCUT2D eigenvalue weighted by molar-refractivity contribution is 6.03. The zero-order valence-corrected chi connectivity index (χ0v) is 11.8. The first-order chi connectivity index (χ1) is 10.0. The van der Waals surface area contributed by atoms with Crippen molar-refractivity contribution in [2.24, 2.45) is 5.73 Å². The maximum atomic E-state index is 11.7. The van der Waals surface area contributed by atoms with Crippen LogP contribution in [0.25, 0.3) is 11.1 Å². The Hall–Kier alpha value is -2.82. The minimum atomic E-state index is -0.655. The summed E-state index contributed by atoms with van der Waals surface area (Å²) < 4.78 is 10.1. The molecule has 0 aliphatic carbocycles. The van der Waals surface area contributed by atoms with Crippen LogP contribution in [0.1, 0.15) is 17.3 Å². The highest BCUT2D eigenvalue weighted by Crippen LogP contribution is 2.31. The lowest BCUT2D eigenvalue weighted by atomic mass is 9.98. The van der Waals surface area contributed by atoms with Crippen LogP contribution < -0.4 is 15.2 Å². The van der Waals surface area contributed by atoms with Crippen molar-refractivity contribution in [1.29, 1.82) is 0 Å². The molecule has 2 N–H and O–H groups in total. The van der Waals surface area contributed by atoms with Gasteiger partial charge in [0.25, 0.3) is 5.91 Å². The molecule has 5 nitrogen and oxygen atoms in total. The van der Waals surface area contributed by atoms with Gasteiger partial charge in [0.15, 0.2) is 0 Å². The van der Waals surface area contributed by atoms with E-state index < -0.39 is 11.9 Å². The van der Waals surface area contributed by atoms with Crippen molar-refractivity contribution in [3.63, 3.8) is 0 Å². The maximum Gasteiger partial charge on any atom is 0.308 e. The lowest BCUT2D eigenvalue weighted by molar-refractivity contribution is -0.131. The Kier molecular flexibility index (Phi) is 4.23. The Morgan fingerprint density at radius 3 is 2.24 bits per heavy atom. The SMILES string of the molecule is COc1ccc(-c2cccc(OC(C)=O)c2C(N)=O)cc1. The fourth-order valence-corrected chi connectivity index (χ4v) is 2.04. The summed E-state index contributed by atoms with van der Waals surface area (Å²) in [5, 5.41) is 0. The number of primary amides is 1. The Labute approximate surface area is 122 Å². The van der Waals surface area contributed by atoms with E-state index in [2.05, 4.69) is 0 Å². The molecule has 0 atom stereocenters. The van der Waals surface area contributed by atoms with Gasteiger partial charge in [-0.15, -0.1) is 0 Å². The molecule has 21 heavy (non-hydrogen) atoms. The number of ether oxygens (including phenoxy) is 2. The summed E-state index contributed by atoms with van der Waals surface area (Å²) in [5.41, 5.74) is 6.99. The van der Waals surface area contributed by atoms with E-state index in [1.165, 1.54) is 13.0 Å². The number of hydrogen-bond donors (Lipinski definition) is 1. The third kappa shape index (κ3) is 3.20. The Morgan fingerprint density at radius 2 is 1.71 bits per heavy atom. The summed E-state index contributed by atoms with van der Waals surface area (Å²) in [5.74, 6) is -0.305. The van der Waals surface area contributed by atoms with E-state index in [0.717, 1.165) is 5.56 Å². The molecule has 0 saturated carbocycles. The van der Waals surface area contributed by atoms with Gasteiger partial charge in [-0.25, -0.2) is 0 Å². The summed E-state index contributed by atoms with van der Waals surface area (Å²) >= 11 is 0. The van der Waals surface area contributed by atoms with Crippen molar-refractivity contribution in [3.05, 3.63) is 48.0 Å². The smallest absolute Gasteiger partial charge is 0.308 e. The van der Waals surface area contributed by atoms with E-state index in [1.807, 2.05) is 0 Å². The Bertz CT molecular complexity index is 677. The Balaban J connectivity index is 2.56. The monoisotopic (exact) mass is 285 g/mol. The van der Waals surface area contributed by atoms with Crippen molar-refractivity contribution in [1.82, 2.24) is 0 Å². The fourth-order valence-electron chi connectivity index (χ4n) is 2.04. The van der Waals surface area contributed by atoms with Crippen molar-refractivity contribution in [2.75, 3.05) is 7.11 Å². The zero-order valence-electron chi connectivity index (χ0n) is 11.8. The topological polar surface area (TPSA) is 78.6 Å². The number of amides is 1. The number of methoxy groups -OCH3 is 1. The molecule has 0 aromatic heterocycles. The maximum absolute atomic E-state index is 11.7. The minimum Gasteiger partial charge on any atom is -0.497 e.